The van der Waals surface area contributed by atoms with E-state index < -0.39 is 28.9 Å². The number of aromatic amines is 1. The minimum Gasteiger partial charge on any atom is -0.374 e. The molecule has 0 bridgehead atoms. The molecule has 162 valence electrons. The Hall–Kier alpha value is -4.14. The first-order chi connectivity index (χ1) is 15.4. The average Bonchev–Trinajstić information content (AvgIpc) is 3.23. The summed E-state index contributed by atoms with van der Waals surface area (Å²) in [6.07, 6.45) is 3.08. The van der Waals surface area contributed by atoms with Gasteiger partial charge in [-0.15, -0.1) is 0 Å². The van der Waals surface area contributed by atoms with Crippen LogP contribution in [0.1, 0.15) is 31.4 Å². The standard InChI is InChI=1S/C23H20F2N6O/c1-4-26-21-19(27-12-28-21)13(2)29-14(3)22-30-18-11-6-5-8-15(18)23(32)31(22)20-16(24)9-7-10-17(20)25/h4-12,14,29H,2H2,1,3H3,(H,27,28)/b26-4-/t14-/m0/s1. The highest BCUT2D eigenvalue weighted by atomic mass is 19.1. The minimum atomic E-state index is -0.871. The van der Waals surface area contributed by atoms with Gasteiger partial charge in [-0.3, -0.25) is 9.36 Å². The average molecular weight is 434 g/mol. The molecule has 0 aliphatic heterocycles. The summed E-state index contributed by atoms with van der Waals surface area (Å²) in [5.74, 6) is -1.19. The number of fused-ring (bicyclic) bond motifs is 1. The fourth-order valence-corrected chi connectivity index (χ4v) is 3.49. The quantitative estimate of drug-likeness (QED) is 0.440. The number of halogens is 2. The number of aliphatic imine (C=N–C) groups is 1. The molecule has 0 aliphatic rings. The van der Waals surface area contributed by atoms with E-state index in [9.17, 15) is 13.6 Å². The predicted molar refractivity (Wildman–Crippen MR) is 120 cm³/mol. The molecule has 0 radical (unpaired) electrons. The van der Waals surface area contributed by atoms with Crippen LogP contribution in [0.25, 0.3) is 22.3 Å². The van der Waals surface area contributed by atoms with Crippen LogP contribution in [0, 0.1) is 11.6 Å². The van der Waals surface area contributed by atoms with E-state index >= 15 is 0 Å². The first-order valence-corrected chi connectivity index (χ1v) is 9.86. The van der Waals surface area contributed by atoms with Crippen LogP contribution < -0.4 is 10.9 Å². The van der Waals surface area contributed by atoms with Crippen LogP contribution in [-0.4, -0.2) is 25.7 Å². The van der Waals surface area contributed by atoms with Crippen LogP contribution in [0.4, 0.5) is 14.6 Å². The van der Waals surface area contributed by atoms with Crippen molar-refractivity contribution in [1.82, 2.24) is 24.8 Å². The van der Waals surface area contributed by atoms with Gasteiger partial charge < -0.3 is 10.3 Å². The number of nitrogens with one attached hydrogen (secondary N) is 2. The van der Waals surface area contributed by atoms with Gasteiger partial charge in [-0.25, -0.2) is 23.7 Å². The lowest BCUT2D eigenvalue weighted by atomic mass is 10.2. The Labute approximate surface area is 182 Å². The zero-order valence-corrected chi connectivity index (χ0v) is 17.4. The van der Waals surface area contributed by atoms with Crippen molar-refractivity contribution < 1.29 is 8.78 Å². The Morgan fingerprint density at radius 2 is 1.94 bits per heavy atom. The third-order valence-corrected chi connectivity index (χ3v) is 4.91. The van der Waals surface area contributed by atoms with E-state index in [4.69, 9.17) is 0 Å². The summed E-state index contributed by atoms with van der Waals surface area (Å²) in [6, 6.07) is 9.44. The monoisotopic (exact) mass is 434 g/mol. The van der Waals surface area contributed by atoms with E-state index in [1.165, 1.54) is 12.4 Å². The number of H-pyrrole nitrogens is 1. The lowest BCUT2D eigenvalue weighted by Crippen LogP contribution is -2.30. The molecule has 1 atom stereocenters. The number of hydrogen-bond donors (Lipinski definition) is 2. The van der Waals surface area contributed by atoms with Gasteiger partial charge in [-0.05, 0) is 38.1 Å². The second-order valence-corrected chi connectivity index (χ2v) is 7.03. The summed E-state index contributed by atoms with van der Waals surface area (Å²) in [5.41, 5.74) is 0.326. The highest BCUT2D eigenvalue weighted by Crippen LogP contribution is 2.25. The molecule has 0 saturated heterocycles. The van der Waals surface area contributed by atoms with Crippen molar-refractivity contribution in [2.24, 2.45) is 4.99 Å². The van der Waals surface area contributed by atoms with Crippen molar-refractivity contribution in [3.63, 3.8) is 0 Å². The zero-order valence-electron chi connectivity index (χ0n) is 17.4. The molecule has 0 saturated carbocycles. The van der Waals surface area contributed by atoms with Crippen molar-refractivity contribution in [2.75, 3.05) is 0 Å². The van der Waals surface area contributed by atoms with Crippen LogP contribution in [0.5, 0.6) is 0 Å². The molecule has 7 nitrogen and oxygen atoms in total. The molecule has 2 aromatic carbocycles. The Balaban J connectivity index is 1.87. The Morgan fingerprint density at radius 3 is 2.66 bits per heavy atom. The first-order valence-electron chi connectivity index (χ1n) is 9.86. The molecule has 0 unspecified atom stereocenters. The van der Waals surface area contributed by atoms with E-state index in [0.29, 0.717) is 22.7 Å². The topological polar surface area (TPSA) is 88.0 Å². The molecule has 2 heterocycles. The fraction of sp³-hybridized carbons (Fsp3) is 0.130. The van der Waals surface area contributed by atoms with Gasteiger partial charge in [0.2, 0.25) is 0 Å². The first kappa shape index (κ1) is 21.1. The van der Waals surface area contributed by atoms with Crippen LogP contribution in [-0.2, 0) is 0 Å². The second-order valence-electron chi connectivity index (χ2n) is 7.03. The number of nitrogens with zero attached hydrogens (tertiary/aromatic N) is 4. The van der Waals surface area contributed by atoms with Gasteiger partial charge in [-0.2, -0.15) is 0 Å². The summed E-state index contributed by atoms with van der Waals surface area (Å²) >= 11 is 0. The largest absolute Gasteiger partial charge is 0.374 e. The number of hydrogen-bond acceptors (Lipinski definition) is 5. The Morgan fingerprint density at radius 1 is 1.22 bits per heavy atom. The summed E-state index contributed by atoms with van der Waals surface area (Å²) in [4.78, 5) is 29.1. The third kappa shape index (κ3) is 3.68. The van der Waals surface area contributed by atoms with Crippen LogP contribution in [0.15, 0.2) is 65.2 Å². The van der Waals surface area contributed by atoms with Crippen molar-refractivity contribution in [3.05, 3.63) is 88.9 Å². The van der Waals surface area contributed by atoms with Crippen molar-refractivity contribution in [2.45, 2.75) is 19.9 Å². The van der Waals surface area contributed by atoms with E-state index in [0.717, 1.165) is 16.7 Å². The Bertz CT molecular complexity index is 1390. The molecule has 0 fully saturated rings. The van der Waals surface area contributed by atoms with Crippen LogP contribution >= 0.6 is 0 Å². The predicted octanol–water partition coefficient (Wildman–Crippen LogP) is 4.43. The van der Waals surface area contributed by atoms with E-state index in [1.807, 2.05) is 0 Å². The van der Waals surface area contributed by atoms with Gasteiger partial charge in [0.25, 0.3) is 5.56 Å². The summed E-state index contributed by atoms with van der Waals surface area (Å²) in [7, 11) is 0. The van der Waals surface area contributed by atoms with Gasteiger partial charge in [0.1, 0.15) is 28.8 Å². The van der Waals surface area contributed by atoms with Gasteiger partial charge in [0.05, 0.1) is 29.0 Å². The van der Waals surface area contributed by atoms with Crippen molar-refractivity contribution in [1.29, 1.82) is 0 Å². The molecular formula is C23H20F2N6O. The summed E-state index contributed by atoms with van der Waals surface area (Å²) in [6.45, 7) is 7.49. The number of benzene rings is 2. The molecule has 4 aromatic rings. The maximum atomic E-state index is 14.7. The SMILES string of the molecule is C=C(N[C@@H](C)c1nc2ccccc2c(=O)n1-c1c(F)cccc1F)c1[nH]cnc1/N=C\C. The number of rotatable bonds is 6. The molecule has 0 spiro atoms. The molecule has 0 aliphatic carbocycles. The molecule has 2 aromatic heterocycles. The molecule has 2 N–H and O–H groups in total. The maximum Gasteiger partial charge on any atom is 0.266 e. The molecule has 0 amide bonds. The number of aromatic nitrogens is 4. The van der Waals surface area contributed by atoms with Gasteiger partial charge in [0, 0.05) is 6.21 Å². The minimum absolute atomic E-state index is 0.124. The Kier molecular flexibility index (Phi) is 5.63. The van der Waals surface area contributed by atoms with Gasteiger partial charge >= 0.3 is 0 Å². The highest BCUT2D eigenvalue weighted by molar-refractivity contribution is 5.78. The second kappa shape index (κ2) is 8.54. The third-order valence-electron chi connectivity index (χ3n) is 4.91. The normalized spacial score (nSPS) is 12.4. The molecule has 32 heavy (non-hydrogen) atoms. The lowest BCUT2D eigenvalue weighted by molar-refractivity contribution is 0.548. The number of para-hydroxylation sites is 2. The summed E-state index contributed by atoms with van der Waals surface area (Å²) < 4.78 is 30.3. The zero-order chi connectivity index (χ0) is 22.8. The summed E-state index contributed by atoms with van der Waals surface area (Å²) in [5, 5.41) is 3.38. The number of imidazole rings is 1. The van der Waals surface area contributed by atoms with E-state index in [1.54, 1.807) is 44.3 Å². The molecule has 4 rings (SSSR count). The van der Waals surface area contributed by atoms with Crippen molar-refractivity contribution in [3.8, 4) is 5.69 Å². The smallest absolute Gasteiger partial charge is 0.266 e. The molecule has 9 heteroatoms. The molecular weight excluding hydrogens is 414 g/mol. The van der Waals surface area contributed by atoms with Crippen LogP contribution in [0.3, 0.4) is 0 Å². The maximum absolute atomic E-state index is 14.7. The van der Waals surface area contributed by atoms with E-state index in [2.05, 4.69) is 31.8 Å². The van der Waals surface area contributed by atoms with Crippen molar-refractivity contribution >= 4 is 28.6 Å². The fourth-order valence-electron chi connectivity index (χ4n) is 3.49. The van der Waals surface area contributed by atoms with Crippen LogP contribution in [0.2, 0.25) is 0 Å². The lowest BCUT2D eigenvalue weighted by Gasteiger charge is -2.21. The van der Waals surface area contributed by atoms with Gasteiger partial charge in [0.15, 0.2) is 5.82 Å². The highest BCUT2D eigenvalue weighted by Gasteiger charge is 2.23. The van der Waals surface area contributed by atoms with Gasteiger partial charge in [-0.1, -0.05) is 24.8 Å². The van der Waals surface area contributed by atoms with E-state index in [-0.39, 0.29) is 11.2 Å².